The monoisotopic (exact) mass is 364 g/mol. The molecule has 1 heterocycles. The Morgan fingerprint density at radius 1 is 1.37 bits per heavy atom. The Kier molecular flexibility index (Phi) is 3.89. The van der Waals surface area contributed by atoms with E-state index in [1.54, 1.807) is 19.9 Å². The van der Waals surface area contributed by atoms with Crippen LogP contribution in [0.25, 0.3) is 0 Å². The van der Waals surface area contributed by atoms with Gasteiger partial charge in [-0.1, -0.05) is 22.8 Å². The number of hydrogen-bond acceptors (Lipinski definition) is 4. The number of rotatable bonds is 3. The first-order valence-corrected chi connectivity index (χ1v) is 7.87. The molecule has 8 heteroatoms. The number of aryl methyl sites for hydroxylation is 2. The molecule has 1 aromatic heterocycles. The summed E-state index contributed by atoms with van der Waals surface area (Å²) in [7, 11) is -3.82. The molecule has 0 radical (unpaired) electrons. The molecule has 0 saturated carbocycles. The number of nitrogens with one attached hydrogen (secondary N) is 1. The molecule has 0 amide bonds. The molecule has 0 fully saturated rings. The average Bonchev–Trinajstić information content (AvgIpc) is 2.63. The Morgan fingerprint density at radius 2 is 2.05 bits per heavy atom. The van der Waals surface area contributed by atoms with Crippen molar-refractivity contribution >= 4 is 43.4 Å². The maximum atomic E-state index is 12.2. The lowest BCUT2D eigenvalue weighted by molar-refractivity contribution is 0.430. The zero-order valence-electron chi connectivity index (χ0n) is 10.1. The van der Waals surface area contributed by atoms with Gasteiger partial charge in [-0.3, -0.25) is 0 Å². The van der Waals surface area contributed by atoms with E-state index in [2.05, 4.69) is 25.8 Å². The van der Waals surface area contributed by atoms with Crippen molar-refractivity contribution in [3.8, 4) is 0 Å². The molecule has 2 rings (SSSR count). The van der Waals surface area contributed by atoms with Gasteiger partial charge in [0.15, 0.2) is 0 Å². The van der Waals surface area contributed by atoms with Crippen molar-refractivity contribution in [1.82, 2.24) is 5.16 Å². The van der Waals surface area contributed by atoms with Crippen LogP contribution in [0, 0.1) is 13.8 Å². The molecule has 19 heavy (non-hydrogen) atoms. The fraction of sp³-hybridized carbons (Fsp3) is 0.182. The molecule has 2 aromatic rings. The van der Waals surface area contributed by atoms with E-state index in [-0.39, 0.29) is 15.8 Å². The second kappa shape index (κ2) is 5.15. The molecule has 0 bridgehead atoms. The number of aromatic nitrogens is 1. The molecule has 102 valence electrons. The van der Waals surface area contributed by atoms with E-state index >= 15 is 0 Å². The predicted molar refractivity (Wildman–Crippen MR) is 75.9 cm³/mol. The number of hydrogen-bond donors (Lipinski definition) is 1. The summed E-state index contributed by atoms with van der Waals surface area (Å²) < 4.78 is 32.1. The largest absolute Gasteiger partial charge is 0.336 e. The van der Waals surface area contributed by atoms with Crippen LogP contribution in [0.1, 0.15) is 11.3 Å². The Labute approximate surface area is 124 Å². The van der Waals surface area contributed by atoms with Crippen molar-refractivity contribution in [2.75, 3.05) is 4.72 Å². The third kappa shape index (κ3) is 2.93. The van der Waals surface area contributed by atoms with Crippen LogP contribution in [0.2, 0.25) is 5.02 Å². The van der Waals surface area contributed by atoms with Crippen LogP contribution >= 0.6 is 27.5 Å². The predicted octanol–water partition coefficient (Wildman–Crippen LogP) is 3.51. The van der Waals surface area contributed by atoms with Crippen LogP contribution in [-0.4, -0.2) is 13.6 Å². The standard InChI is InChI=1S/C11H10BrClN2O3S/c1-6-3-4-8(13)9(5-6)19(16,17)15-11-10(12)7(2)14-18-11/h3-5,15H,1-2H3. The summed E-state index contributed by atoms with van der Waals surface area (Å²) >= 11 is 9.11. The average molecular weight is 366 g/mol. The molecule has 0 atom stereocenters. The molecule has 0 aliphatic carbocycles. The molecule has 0 spiro atoms. The minimum absolute atomic E-state index is 0.00452. The minimum Gasteiger partial charge on any atom is -0.336 e. The zero-order valence-corrected chi connectivity index (χ0v) is 13.2. The first-order valence-electron chi connectivity index (χ1n) is 5.22. The molecule has 0 aliphatic heterocycles. The van der Waals surface area contributed by atoms with E-state index in [0.29, 0.717) is 10.2 Å². The van der Waals surface area contributed by atoms with Crippen LogP contribution in [0.4, 0.5) is 5.88 Å². The number of benzene rings is 1. The number of nitrogens with zero attached hydrogens (tertiary/aromatic N) is 1. The summed E-state index contributed by atoms with van der Waals surface area (Å²) in [4.78, 5) is -0.00452. The van der Waals surface area contributed by atoms with Crippen LogP contribution in [-0.2, 0) is 10.0 Å². The van der Waals surface area contributed by atoms with Crippen molar-refractivity contribution in [2.24, 2.45) is 0 Å². The van der Waals surface area contributed by atoms with E-state index in [9.17, 15) is 8.42 Å². The Hall–Kier alpha value is -1.05. The first kappa shape index (κ1) is 14.4. The molecule has 0 saturated heterocycles. The van der Waals surface area contributed by atoms with E-state index in [1.165, 1.54) is 12.1 Å². The number of sulfonamides is 1. The van der Waals surface area contributed by atoms with Crippen LogP contribution < -0.4 is 4.72 Å². The lowest BCUT2D eigenvalue weighted by Gasteiger charge is -2.08. The van der Waals surface area contributed by atoms with Crippen molar-refractivity contribution in [2.45, 2.75) is 18.7 Å². The molecular weight excluding hydrogens is 356 g/mol. The molecular formula is C11H10BrClN2O3S. The Morgan fingerprint density at radius 3 is 2.63 bits per heavy atom. The maximum Gasteiger partial charge on any atom is 0.265 e. The van der Waals surface area contributed by atoms with Gasteiger partial charge >= 0.3 is 0 Å². The van der Waals surface area contributed by atoms with Crippen molar-refractivity contribution in [3.05, 3.63) is 39.0 Å². The van der Waals surface area contributed by atoms with Gasteiger partial charge in [0.2, 0.25) is 0 Å². The highest BCUT2D eigenvalue weighted by atomic mass is 79.9. The SMILES string of the molecule is Cc1ccc(Cl)c(S(=O)(=O)Nc2onc(C)c2Br)c1. The smallest absolute Gasteiger partial charge is 0.265 e. The maximum absolute atomic E-state index is 12.2. The van der Waals surface area contributed by atoms with E-state index in [4.69, 9.17) is 16.1 Å². The van der Waals surface area contributed by atoms with Gasteiger partial charge in [0.05, 0.1) is 10.7 Å². The highest BCUT2D eigenvalue weighted by molar-refractivity contribution is 9.10. The van der Waals surface area contributed by atoms with Gasteiger partial charge in [0, 0.05) is 0 Å². The normalized spacial score (nSPS) is 11.6. The van der Waals surface area contributed by atoms with Crippen LogP contribution in [0.3, 0.4) is 0 Å². The summed E-state index contributed by atoms with van der Waals surface area (Å²) in [5.74, 6) is 0.0232. The summed E-state index contributed by atoms with van der Waals surface area (Å²) in [5, 5.41) is 3.80. The van der Waals surface area contributed by atoms with Gasteiger partial charge in [-0.25, -0.2) is 13.1 Å². The second-order valence-electron chi connectivity index (χ2n) is 3.95. The van der Waals surface area contributed by atoms with E-state index in [0.717, 1.165) is 5.56 Å². The lowest BCUT2D eigenvalue weighted by Crippen LogP contribution is -2.13. The molecule has 5 nitrogen and oxygen atoms in total. The Bertz CT molecular complexity index is 728. The van der Waals surface area contributed by atoms with Gasteiger partial charge in [-0.15, -0.1) is 0 Å². The van der Waals surface area contributed by atoms with E-state index < -0.39 is 10.0 Å². The minimum atomic E-state index is -3.82. The summed E-state index contributed by atoms with van der Waals surface area (Å²) in [6.07, 6.45) is 0. The summed E-state index contributed by atoms with van der Waals surface area (Å²) in [5.41, 5.74) is 1.34. The van der Waals surface area contributed by atoms with Gasteiger partial charge in [0.25, 0.3) is 15.9 Å². The molecule has 0 unspecified atom stereocenters. The van der Waals surface area contributed by atoms with E-state index in [1.807, 2.05) is 0 Å². The highest BCUT2D eigenvalue weighted by Crippen LogP contribution is 2.30. The molecule has 1 aromatic carbocycles. The quantitative estimate of drug-likeness (QED) is 0.903. The first-order chi connectivity index (χ1) is 8.81. The van der Waals surface area contributed by atoms with Crippen molar-refractivity contribution < 1.29 is 12.9 Å². The fourth-order valence-corrected chi connectivity index (χ4v) is 3.37. The van der Waals surface area contributed by atoms with Gasteiger partial charge in [-0.2, -0.15) is 0 Å². The third-order valence-electron chi connectivity index (χ3n) is 2.39. The van der Waals surface area contributed by atoms with Gasteiger partial charge in [0.1, 0.15) is 9.37 Å². The molecule has 0 aliphatic rings. The second-order valence-corrected chi connectivity index (χ2v) is 6.80. The van der Waals surface area contributed by atoms with Crippen molar-refractivity contribution in [3.63, 3.8) is 0 Å². The Balaban J connectivity index is 2.43. The zero-order chi connectivity index (χ0) is 14.2. The van der Waals surface area contributed by atoms with Crippen molar-refractivity contribution in [1.29, 1.82) is 0 Å². The van der Waals surface area contributed by atoms with Crippen LogP contribution in [0.5, 0.6) is 0 Å². The summed E-state index contributed by atoms with van der Waals surface area (Å²) in [6, 6.07) is 4.75. The lowest BCUT2D eigenvalue weighted by atomic mass is 10.2. The number of anilines is 1. The topological polar surface area (TPSA) is 72.2 Å². The third-order valence-corrected chi connectivity index (χ3v) is 5.14. The highest BCUT2D eigenvalue weighted by Gasteiger charge is 2.22. The van der Waals surface area contributed by atoms with Gasteiger partial charge < -0.3 is 4.52 Å². The van der Waals surface area contributed by atoms with Gasteiger partial charge in [-0.05, 0) is 47.5 Å². The molecule has 1 N–H and O–H groups in total. The van der Waals surface area contributed by atoms with Crippen LogP contribution in [0.15, 0.2) is 32.1 Å². The number of halogens is 2. The summed E-state index contributed by atoms with van der Waals surface area (Å²) in [6.45, 7) is 3.47. The fourth-order valence-electron chi connectivity index (χ4n) is 1.42.